The summed E-state index contributed by atoms with van der Waals surface area (Å²) in [6.45, 7) is 1.93. The highest BCUT2D eigenvalue weighted by molar-refractivity contribution is 7.80. The van der Waals surface area contributed by atoms with Gasteiger partial charge in [0.1, 0.15) is 0 Å². The molecule has 0 aliphatic carbocycles. The van der Waals surface area contributed by atoms with Crippen molar-refractivity contribution < 1.29 is 4.79 Å². The normalized spacial score (nSPS) is 10.4. The fourth-order valence-electron chi connectivity index (χ4n) is 2.71. The number of amides is 1. The number of hydrogen-bond acceptors (Lipinski definition) is 2. The predicted octanol–water partition coefficient (Wildman–Crippen LogP) is 4.36. The first kappa shape index (κ1) is 18.2. The summed E-state index contributed by atoms with van der Waals surface area (Å²) in [5, 5.41) is 6.19. The highest BCUT2D eigenvalue weighted by Gasteiger charge is 2.08. The van der Waals surface area contributed by atoms with Crippen LogP contribution in [0.2, 0.25) is 5.02 Å². The standard InChI is InChI=1S/C20H18ClN3OS/c1-13-11-16(21)9-10-18(13)22-20(26)24-23-19(25)12-15-7-4-6-14-5-2-3-8-17(14)15/h2-11H,12H2,1H3,(H,23,25)(H2,22,24,26). The van der Waals surface area contributed by atoms with E-state index in [0.717, 1.165) is 27.6 Å². The summed E-state index contributed by atoms with van der Waals surface area (Å²) in [6.07, 6.45) is 0.261. The second-order valence-corrected chi connectivity index (χ2v) is 6.75. The molecule has 0 aliphatic heterocycles. The molecule has 3 N–H and O–H groups in total. The number of hydrogen-bond donors (Lipinski definition) is 3. The van der Waals surface area contributed by atoms with Crippen LogP contribution in [0.4, 0.5) is 5.69 Å². The number of rotatable bonds is 3. The summed E-state index contributed by atoms with van der Waals surface area (Å²) >= 11 is 11.2. The fraction of sp³-hybridized carbons (Fsp3) is 0.100. The van der Waals surface area contributed by atoms with Crippen LogP contribution in [0.1, 0.15) is 11.1 Å². The minimum absolute atomic E-state index is 0.168. The average Bonchev–Trinajstić information content (AvgIpc) is 2.63. The first-order valence-corrected chi connectivity index (χ1v) is 8.90. The molecule has 0 atom stereocenters. The highest BCUT2D eigenvalue weighted by Crippen LogP contribution is 2.20. The van der Waals surface area contributed by atoms with Gasteiger partial charge in [-0.15, -0.1) is 0 Å². The molecule has 0 heterocycles. The van der Waals surface area contributed by atoms with Crippen LogP contribution in [-0.2, 0) is 11.2 Å². The zero-order valence-corrected chi connectivity index (χ0v) is 15.7. The Morgan fingerprint density at radius 2 is 1.81 bits per heavy atom. The number of hydrazine groups is 1. The van der Waals surface area contributed by atoms with Crippen molar-refractivity contribution in [2.75, 3.05) is 5.32 Å². The third kappa shape index (κ3) is 4.50. The van der Waals surface area contributed by atoms with E-state index in [2.05, 4.69) is 16.2 Å². The van der Waals surface area contributed by atoms with Gasteiger partial charge in [-0.1, -0.05) is 54.1 Å². The molecule has 0 aromatic heterocycles. The molecule has 0 fully saturated rings. The van der Waals surface area contributed by atoms with Crippen LogP contribution in [0.3, 0.4) is 0 Å². The summed E-state index contributed by atoms with van der Waals surface area (Å²) in [4.78, 5) is 12.2. The summed E-state index contributed by atoms with van der Waals surface area (Å²) < 4.78 is 0. The van der Waals surface area contributed by atoms with Gasteiger partial charge < -0.3 is 5.32 Å². The molecule has 6 heteroatoms. The van der Waals surface area contributed by atoms with Crippen molar-refractivity contribution in [3.05, 3.63) is 76.8 Å². The number of benzene rings is 3. The minimum atomic E-state index is -0.168. The molecule has 26 heavy (non-hydrogen) atoms. The van der Waals surface area contributed by atoms with Gasteiger partial charge in [-0.05, 0) is 59.2 Å². The van der Waals surface area contributed by atoms with Crippen molar-refractivity contribution >= 4 is 51.3 Å². The molecule has 0 spiro atoms. The van der Waals surface area contributed by atoms with E-state index < -0.39 is 0 Å². The smallest absolute Gasteiger partial charge is 0.242 e. The van der Waals surface area contributed by atoms with Crippen molar-refractivity contribution in [1.29, 1.82) is 0 Å². The maximum atomic E-state index is 12.2. The first-order chi connectivity index (χ1) is 12.5. The molecular formula is C20H18ClN3OS. The number of carbonyl (C=O) groups excluding carboxylic acids is 1. The van der Waals surface area contributed by atoms with Crippen molar-refractivity contribution in [3.8, 4) is 0 Å². The van der Waals surface area contributed by atoms with Gasteiger partial charge in [-0.3, -0.25) is 15.6 Å². The van der Waals surface area contributed by atoms with E-state index in [4.69, 9.17) is 23.8 Å². The largest absolute Gasteiger partial charge is 0.331 e. The Labute approximate surface area is 162 Å². The van der Waals surface area contributed by atoms with Crippen LogP contribution in [-0.4, -0.2) is 11.0 Å². The molecule has 1 amide bonds. The van der Waals surface area contributed by atoms with E-state index in [1.165, 1.54) is 0 Å². The van der Waals surface area contributed by atoms with Crippen LogP contribution in [0, 0.1) is 6.92 Å². The lowest BCUT2D eigenvalue weighted by Crippen LogP contribution is -2.44. The fourth-order valence-corrected chi connectivity index (χ4v) is 3.10. The molecule has 0 bridgehead atoms. The molecule has 3 rings (SSSR count). The summed E-state index contributed by atoms with van der Waals surface area (Å²) in [6, 6.07) is 19.4. The maximum absolute atomic E-state index is 12.2. The van der Waals surface area contributed by atoms with Gasteiger partial charge in [0.25, 0.3) is 0 Å². The lowest BCUT2D eigenvalue weighted by atomic mass is 10.0. The molecule has 3 aromatic rings. The third-order valence-corrected chi connectivity index (χ3v) is 4.42. The second kappa shape index (κ2) is 8.17. The van der Waals surface area contributed by atoms with Gasteiger partial charge in [0, 0.05) is 10.7 Å². The molecule has 0 unspecified atom stereocenters. The number of thiocarbonyl (C=S) groups is 1. The number of carbonyl (C=O) groups is 1. The lowest BCUT2D eigenvalue weighted by Gasteiger charge is -2.14. The Morgan fingerprint density at radius 3 is 2.62 bits per heavy atom. The molecule has 0 saturated heterocycles. The van der Waals surface area contributed by atoms with Gasteiger partial charge in [0.15, 0.2) is 5.11 Å². The van der Waals surface area contributed by atoms with Crippen molar-refractivity contribution in [3.63, 3.8) is 0 Å². The number of anilines is 1. The molecule has 3 aromatic carbocycles. The van der Waals surface area contributed by atoms with Crippen LogP contribution in [0.25, 0.3) is 10.8 Å². The van der Waals surface area contributed by atoms with Gasteiger partial charge in [-0.25, -0.2) is 0 Å². The zero-order chi connectivity index (χ0) is 18.5. The van der Waals surface area contributed by atoms with E-state index in [1.807, 2.05) is 61.5 Å². The second-order valence-electron chi connectivity index (χ2n) is 5.90. The predicted molar refractivity (Wildman–Crippen MR) is 111 cm³/mol. The van der Waals surface area contributed by atoms with E-state index >= 15 is 0 Å². The monoisotopic (exact) mass is 383 g/mol. The molecular weight excluding hydrogens is 366 g/mol. The van der Waals surface area contributed by atoms with Gasteiger partial charge in [-0.2, -0.15) is 0 Å². The Bertz CT molecular complexity index is 969. The number of fused-ring (bicyclic) bond motifs is 1. The highest BCUT2D eigenvalue weighted by atomic mass is 35.5. The zero-order valence-electron chi connectivity index (χ0n) is 14.2. The molecule has 4 nitrogen and oxygen atoms in total. The van der Waals surface area contributed by atoms with Gasteiger partial charge in [0.05, 0.1) is 6.42 Å². The number of nitrogens with one attached hydrogen (secondary N) is 3. The topological polar surface area (TPSA) is 53.2 Å². The van der Waals surface area contributed by atoms with E-state index in [0.29, 0.717) is 10.1 Å². The average molecular weight is 384 g/mol. The number of aryl methyl sites for hydroxylation is 1. The Morgan fingerprint density at radius 1 is 1.04 bits per heavy atom. The van der Waals surface area contributed by atoms with Crippen molar-refractivity contribution in [2.24, 2.45) is 0 Å². The quantitative estimate of drug-likeness (QED) is 0.464. The first-order valence-electron chi connectivity index (χ1n) is 8.11. The van der Waals surface area contributed by atoms with Gasteiger partial charge in [0.2, 0.25) is 5.91 Å². The molecule has 132 valence electrons. The maximum Gasteiger partial charge on any atom is 0.242 e. The molecule has 0 aliphatic rings. The summed E-state index contributed by atoms with van der Waals surface area (Å²) in [5.74, 6) is -0.168. The van der Waals surface area contributed by atoms with Crippen LogP contribution in [0.5, 0.6) is 0 Å². The Balaban J connectivity index is 1.57. The van der Waals surface area contributed by atoms with E-state index in [1.54, 1.807) is 6.07 Å². The number of halogens is 1. The summed E-state index contributed by atoms with van der Waals surface area (Å²) in [5.41, 5.74) is 8.11. The van der Waals surface area contributed by atoms with Crippen LogP contribution < -0.4 is 16.2 Å². The lowest BCUT2D eigenvalue weighted by molar-refractivity contribution is -0.120. The Hall–Kier alpha value is -2.63. The molecule has 0 saturated carbocycles. The van der Waals surface area contributed by atoms with Gasteiger partial charge >= 0.3 is 0 Å². The van der Waals surface area contributed by atoms with Crippen LogP contribution >= 0.6 is 23.8 Å². The van der Waals surface area contributed by atoms with Crippen molar-refractivity contribution in [1.82, 2.24) is 10.9 Å². The summed E-state index contributed by atoms with van der Waals surface area (Å²) in [7, 11) is 0. The van der Waals surface area contributed by atoms with E-state index in [9.17, 15) is 4.79 Å². The molecule has 0 radical (unpaired) electrons. The van der Waals surface area contributed by atoms with Crippen LogP contribution in [0.15, 0.2) is 60.7 Å². The Kier molecular flexibility index (Phi) is 5.71. The third-order valence-electron chi connectivity index (χ3n) is 3.98. The SMILES string of the molecule is Cc1cc(Cl)ccc1NC(=S)NNC(=O)Cc1cccc2ccccc12. The minimum Gasteiger partial charge on any atom is -0.331 e. The van der Waals surface area contributed by atoms with E-state index in [-0.39, 0.29) is 12.3 Å². The van der Waals surface area contributed by atoms with Crippen molar-refractivity contribution in [2.45, 2.75) is 13.3 Å².